The van der Waals surface area contributed by atoms with Crippen molar-refractivity contribution in [1.82, 2.24) is 0 Å². The molecule has 2 fully saturated rings. The molecule has 3 N–H and O–H groups in total. The Kier molecular flexibility index (Phi) is 18.5. The molecule has 0 amide bonds. The zero-order valence-corrected chi connectivity index (χ0v) is 28.1. The van der Waals surface area contributed by atoms with Gasteiger partial charge in [0.15, 0.2) is 0 Å². The Morgan fingerprint density at radius 2 is 1.11 bits per heavy atom. The molecule has 7 heteroatoms. The van der Waals surface area contributed by atoms with Gasteiger partial charge in [0.2, 0.25) is 0 Å². The molecule has 3 aliphatic heterocycles. The fourth-order valence-corrected chi connectivity index (χ4v) is 7.25. The van der Waals surface area contributed by atoms with Crippen LogP contribution < -0.4 is 0 Å². The van der Waals surface area contributed by atoms with Gasteiger partial charge in [-0.3, -0.25) is 0 Å². The Bertz CT molecular complexity index is 801. The van der Waals surface area contributed by atoms with Crippen molar-refractivity contribution in [3.05, 3.63) is 11.6 Å². The molecule has 7 nitrogen and oxygen atoms in total. The number of aliphatic hydroxyl groups is 3. The number of hydrogen-bond acceptors (Lipinski definition) is 7. The van der Waals surface area contributed by atoms with E-state index in [1.54, 1.807) is 0 Å². The fourth-order valence-electron chi connectivity index (χ4n) is 7.25. The first-order valence-electron chi connectivity index (χ1n) is 18.6. The highest BCUT2D eigenvalue weighted by molar-refractivity contribution is 5.90. The predicted molar refractivity (Wildman–Crippen MR) is 175 cm³/mol. The molecule has 2 saturated heterocycles. The normalized spacial score (nSPS) is 27.4. The van der Waals surface area contributed by atoms with Crippen LogP contribution in [-0.2, 0) is 19.0 Å². The number of unbranched alkanes of at least 4 members (excludes halogenated alkanes) is 13. The molecule has 0 unspecified atom stereocenters. The maximum Gasteiger partial charge on any atom is 0.334 e. The van der Waals surface area contributed by atoms with Crippen LogP contribution in [0, 0.1) is 0 Å². The van der Waals surface area contributed by atoms with Gasteiger partial charge in [-0.1, -0.05) is 103 Å². The number of rotatable bonds is 25. The molecule has 8 atom stereocenters. The van der Waals surface area contributed by atoms with Crippen LogP contribution in [0.4, 0.5) is 0 Å². The second kappa shape index (κ2) is 21.7. The molecule has 0 spiro atoms. The highest BCUT2D eigenvalue weighted by atomic mass is 16.6. The summed E-state index contributed by atoms with van der Waals surface area (Å²) in [6.07, 6.45) is 25.9. The van der Waals surface area contributed by atoms with E-state index >= 15 is 0 Å². The summed E-state index contributed by atoms with van der Waals surface area (Å²) >= 11 is 0. The number of cyclic esters (lactones) is 1. The Balaban J connectivity index is 1.13. The van der Waals surface area contributed by atoms with Crippen LogP contribution in [0.5, 0.6) is 0 Å². The van der Waals surface area contributed by atoms with Crippen molar-refractivity contribution in [2.75, 3.05) is 0 Å². The summed E-state index contributed by atoms with van der Waals surface area (Å²) < 4.78 is 17.7. The van der Waals surface area contributed by atoms with E-state index in [4.69, 9.17) is 14.2 Å². The molecule has 44 heavy (non-hydrogen) atoms. The van der Waals surface area contributed by atoms with Gasteiger partial charge in [-0.15, -0.1) is 0 Å². The van der Waals surface area contributed by atoms with Crippen LogP contribution in [0.1, 0.15) is 168 Å². The van der Waals surface area contributed by atoms with Crippen molar-refractivity contribution in [3.63, 3.8) is 0 Å². The summed E-state index contributed by atoms with van der Waals surface area (Å²) in [5.74, 6) is -0.231. The number of hydrogen-bond donors (Lipinski definition) is 3. The molecule has 3 aliphatic rings. The van der Waals surface area contributed by atoms with E-state index in [-0.39, 0.29) is 48.7 Å². The molecule has 3 heterocycles. The highest BCUT2D eigenvalue weighted by Gasteiger charge is 2.40. The van der Waals surface area contributed by atoms with E-state index in [9.17, 15) is 20.1 Å². The minimum Gasteiger partial charge on any atom is -0.455 e. The van der Waals surface area contributed by atoms with Gasteiger partial charge in [-0.2, -0.15) is 0 Å². The molecule has 0 saturated carbocycles. The lowest BCUT2D eigenvalue weighted by Crippen LogP contribution is -2.33. The quantitative estimate of drug-likeness (QED) is 0.0703. The second-order valence-electron chi connectivity index (χ2n) is 14.0. The van der Waals surface area contributed by atoms with Crippen LogP contribution in [-0.4, -0.2) is 70.1 Å². The lowest BCUT2D eigenvalue weighted by Gasteiger charge is -2.24. The third-order valence-corrected chi connectivity index (χ3v) is 10.1. The molecular weight excluding hydrogens is 556 g/mol. The van der Waals surface area contributed by atoms with Gasteiger partial charge in [0.25, 0.3) is 0 Å². The average Bonchev–Trinajstić information content (AvgIpc) is 3.76. The third kappa shape index (κ3) is 14.2. The summed E-state index contributed by atoms with van der Waals surface area (Å²) in [5.41, 5.74) is 0.706. The Morgan fingerprint density at radius 3 is 1.57 bits per heavy atom. The average molecular weight is 623 g/mol. The molecule has 0 radical (unpaired) electrons. The topological polar surface area (TPSA) is 105 Å². The van der Waals surface area contributed by atoms with Crippen molar-refractivity contribution in [2.24, 2.45) is 0 Å². The predicted octanol–water partition coefficient (Wildman–Crippen LogP) is 7.86. The SMILES string of the molecule is CCCCCCCCCC[C@@H](O)[C@@H]1CC[C@@H]([C@@H]2CC[C@@H]([C@@H](O)CCCCCCCCC[C@@H](O)CCC3=C[C@H](C)OC3=O)O2)O1. The largest absolute Gasteiger partial charge is 0.455 e. The van der Waals surface area contributed by atoms with Gasteiger partial charge in [-0.25, -0.2) is 4.79 Å². The van der Waals surface area contributed by atoms with Crippen molar-refractivity contribution in [1.29, 1.82) is 0 Å². The van der Waals surface area contributed by atoms with Gasteiger partial charge < -0.3 is 29.5 Å². The fraction of sp³-hybridized carbons (Fsp3) is 0.919. The van der Waals surface area contributed by atoms with Crippen LogP contribution in [0.2, 0.25) is 0 Å². The Labute approximate surface area is 268 Å². The molecule has 256 valence electrons. The second-order valence-corrected chi connectivity index (χ2v) is 14.0. The van der Waals surface area contributed by atoms with Crippen LogP contribution >= 0.6 is 0 Å². The van der Waals surface area contributed by atoms with Crippen LogP contribution in [0.3, 0.4) is 0 Å². The number of esters is 1. The van der Waals surface area contributed by atoms with Crippen molar-refractivity contribution in [3.8, 4) is 0 Å². The van der Waals surface area contributed by atoms with Gasteiger partial charge in [0, 0.05) is 5.57 Å². The summed E-state index contributed by atoms with van der Waals surface area (Å²) in [6.45, 7) is 4.11. The highest BCUT2D eigenvalue weighted by Crippen LogP contribution is 2.34. The van der Waals surface area contributed by atoms with Gasteiger partial charge in [-0.05, 0) is 70.8 Å². The van der Waals surface area contributed by atoms with Gasteiger partial charge >= 0.3 is 5.97 Å². The first-order chi connectivity index (χ1) is 21.4. The number of ether oxygens (including phenoxy) is 3. The van der Waals surface area contributed by atoms with Crippen LogP contribution in [0.15, 0.2) is 11.6 Å². The molecule has 0 aliphatic carbocycles. The number of aliphatic hydroxyl groups excluding tert-OH is 3. The lowest BCUT2D eigenvalue weighted by atomic mass is 10.00. The third-order valence-electron chi connectivity index (χ3n) is 10.1. The zero-order chi connectivity index (χ0) is 31.6. The first kappa shape index (κ1) is 37.5. The molecule has 0 aromatic heterocycles. The smallest absolute Gasteiger partial charge is 0.334 e. The Hall–Kier alpha value is -0.990. The maximum absolute atomic E-state index is 11.7. The lowest BCUT2D eigenvalue weighted by molar-refractivity contribution is -0.139. The number of carbonyl (C=O) groups is 1. The number of carbonyl (C=O) groups excluding carboxylic acids is 1. The van der Waals surface area contributed by atoms with Crippen molar-refractivity contribution < 1.29 is 34.3 Å². The van der Waals surface area contributed by atoms with Crippen molar-refractivity contribution in [2.45, 2.75) is 217 Å². The van der Waals surface area contributed by atoms with Crippen LogP contribution in [0.25, 0.3) is 0 Å². The van der Waals surface area contributed by atoms with E-state index < -0.39 is 6.10 Å². The summed E-state index contributed by atoms with van der Waals surface area (Å²) in [6, 6.07) is 0. The summed E-state index contributed by atoms with van der Waals surface area (Å²) in [4.78, 5) is 11.7. The van der Waals surface area contributed by atoms with Gasteiger partial charge in [0.1, 0.15) is 6.10 Å². The van der Waals surface area contributed by atoms with Gasteiger partial charge in [0.05, 0.1) is 42.7 Å². The zero-order valence-electron chi connectivity index (χ0n) is 28.1. The monoisotopic (exact) mass is 622 g/mol. The van der Waals surface area contributed by atoms with E-state index in [1.165, 1.54) is 64.2 Å². The molecule has 0 aromatic rings. The molecule has 0 aromatic carbocycles. The van der Waals surface area contributed by atoms with E-state index in [1.807, 2.05) is 13.0 Å². The molecular formula is C37H66O7. The molecule has 0 bridgehead atoms. The van der Waals surface area contributed by atoms with E-state index in [0.717, 1.165) is 77.0 Å². The minimum absolute atomic E-state index is 0.0495. The Morgan fingerprint density at radius 1 is 0.659 bits per heavy atom. The standard InChI is InChI=1S/C37H66O7/c1-3-4-5-6-7-10-13-16-19-31(39)33-23-25-35(43-33)36-26-24-34(44-36)32(40)20-17-14-11-8-9-12-15-18-30(38)22-21-29-27-28(2)42-37(29)41/h27-28,30-36,38-40H,3-26H2,1-2H3/t28-,30+,31+,32-,33-,34-,35-,36-/m0/s1. The summed E-state index contributed by atoms with van der Waals surface area (Å²) in [7, 11) is 0. The molecule has 3 rings (SSSR count). The van der Waals surface area contributed by atoms with E-state index in [0.29, 0.717) is 18.4 Å². The first-order valence-corrected chi connectivity index (χ1v) is 18.6. The van der Waals surface area contributed by atoms with E-state index in [2.05, 4.69) is 6.92 Å². The maximum atomic E-state index is 11.7. The minimum atomic E-state index is -0.406. The summed E-state index contributed by atoms with van der Waals surface area (Å²) in [5, 5.41) is 31.7. The van der Waals surface area contributed by atoms with Crippen molar-refractivity contribution >= 4 is 5.97 Å².